The van der Waals surface area contributed by atoms with E-state index in [1.54, 1.807) is 31.1 Å². The van der Waals surface area contributed by atoms with Crippen LogP contribution in [0.1, 0.15) is 11.1 Å². The number of aromatic nitrogens is 1. The summed E-state index contributed by atoms with van der Waals surface area (Å²) in [5.41, 5.74) is 1.71. The van der Waals surface area contributed by atoms with Crippen LogP contribution in [0.15, 0.2) is 47.6 Å². The second-order valence-corrected chi connectivity index (χ2v) is 4.54. The molecule has 0 spiro atoms. The molecular formula is C14H12N2OS. The standard InChI is InChI=1S/C14H12N2OS/c1-17-13-7-8-16-14(12(13)9-15)18-10-11-5-3-2-4-6-11/h2-8H,10H2,1H3. The van der Waals surface area contributed by atoms with E-state index in [1.807, 2.05) is 18.2 Å². The Balaban J connectivity index is 2.17. The first kappa shape index (κ1) is 12.5. The average molecular weight is 256 g/mol. The molecule has 2 aromatic rings. The first-order valence-corrected chi connectivity index (χ1v) is 6.43. The van der Waals surface area contributed by atoms with E-state index in [4.69, 9.17) is 10.00 Å². The minimum absolute atomic E-state index is 0.501. The fraction of sp³-hybridized carbons (Fsp3) is 0.143. The number of hydrogen-bond acceptors (Lipinski definition) is 4. The van der Waals surface area contributed by atoms with Crippen molar-refractivity contribution in [3.8, 4) is 11.8 Å². The predicted molar refractivity (Wildman–Crippen MR) is 71.5 cm³/mol. The highest BCUT2D eigenvalue weighted by atomic mass is 32.2. The molecule has 0 fully saturated rings. The van der Waals surface area contributed by atoms with Crippen molar-refractivity contribution in [2.45, 2.75) is 10.8 Å². The molecule has 0 aliphatic rings. The molecule has 3 nitrogen and oxygen atoms in total. The van der Waals surface area contributed by atoms with Crippen molar-refractivity contribution in [3.63, 3.8) is 0 Å². The first-order chi connectivity index (χ1) is 8.85. The van der Waals surface area contributed by atoms with Crippen molar-refractivity contribution in [1.29, 1.82) is 5.26 Å². The first-order valence-electron chi connectivity index (χ1n) is 5.45. The van der Waals surface area contributed by atoms with Crippen molar-refractivity contribution in [2.75, 3.05) is 7.11 Å². The fourth-order valence-corrected chi connectivity index (χ4v) is 2.46. The number of ether oxygens (including phenoxy) is 1. The van der Waals surface area contributed by atoms with Gasteiger partial charge in [0, 0.05) is 11.9 Å². The monoisotopic (exact) mass is 256 g/mol. The number of hydrogen-bond donors (Lipinski definition) is 0. The molecule has 1 aromatic carbocycles. The number of rotatable bonds is 4. The van der Waals surface area contributed by atoms with Gasteiger partial charge in [0.05, 0.1) is 7.11 Å². The van der Waals surface area contributed by atoms with Gasteiger partial charge < -0.3 is 4.74 Å². The van der Waals surface area contributed by atoms with Gasteiger partial charge in [0.25, 0.3) is 0 Å². The van der Waals surface area contributed by atoms with E-state index in [2.05, 4.69) is 23.2 Å². The maximum absolute atomic E-state index is 9.14. The Morgan fingerprint density at radius 3 is 2.72 bits per heavy atom. The topological polar surface area (TPSA) is 45.9 Å². The molecule has 0 bridgehead atoms. The van der Waals surface area contributed by atoms with Gasteiger partial charge in [0.15, 0.2) is 0 Å². The number of thioether (sulfide) groups is 1. The van der Waals surface area contributed by atoms with E-state index in [9.17, 15) is 0 Å². The van der Waals surface area contributed by atoms with Gasteiger partial charge in [-0.1, -0.05) is 30.3 Å². The fourth-order valence-electron chi connectivity index (χ4n) is 1.53. The summed E-state index contributed by atoms with van der Waals surface area (Å²) in [6.07, 6.45) is 1.66. The molecule has 1 heterocycles. The van der Waals surface area contributed by atoms with Crippen LogP contribution >= 0.6 is 11.8 Å². The third kappa shape index (κ3) is 2.82. The van der Waals surface area contributed by atoms with Crippen LogP contribution < -0.4 is 4.74 Å². The molecule has 0 radical (unpaired) electrons. The Hall–Kier alpha value is -1.99. The summed E-state index contributed by atoms with van der Waals surface area (Å²) in [7, 11) is 1.56. The van der Waals surface area contributed by atoms with E-state index >= 15 is 0 Å². The molecule has 0 saturated carbocycles. The van der Waals surface area contributed by atoms with Crippen LogP contribution in [0.2, 0.25) is 0 Å². The van der Waals surface area contributed by atoms with Gasteiger partial charge >= 0.3 is 0 Å². The molecule has 1 aromatic heterocycles. The highest BCUT2D eigenvalue weighted by molar-refractivity contribution is 7.98. The van der Waals surface area contributed by atoms with Gasteiger partial charge in [-0.05, 0) is 11.6 Å². The second-order valence-electron chi connectivity index (χ2n) is 3.58. The molecule has 0 aliphatic heterocycles. The summed E-state index contributed by atoms with van der Waals surface area (Å²) in [5.74, 6) is 1.36. The minimum atomic E-state index is 0.501. The Morgan fingerprint density at radius 2 is 2.06 bits per heavy atom. The number of nitriles is 1. The lowest BCUT2D eigenvalue weighted by Crippen LogP contribution is -1.93. The van der Waals surface area contributed by atoms with E-state index in [0.717, 1.165) is 5.75 Å². The number of benzene rings is 1. The zero-order valence-electron chi connectivity index (χ0n) is 9.96. The molecule has 90 valence electrons. The zero-order valence-corrected chi connectivity index (χ0v) is 10.8. The SMILES string of the molecule is COc1ccnc(SCc2ccccc2)c1C#N. The summed E-state index contributed by atoms with van der Waals surface area (Å²) in [5, 5.41) is 9.85. The summed E-state index contributed by atoms with van der Waals surface area (Å²) in [6, 6.07) is 13.9. The highest BCUT2D eigenvalue weighted by Crippen LogP contribution is 2.29. The van der Waals surface area contributed by atoms with E-state index in [1.165, 1.54) is 5.56 Å². The summed E-state index contributed by atoms with van der Waals surface area (Å²) >= 11 is 1.54. The van der Waals surface area contributed by atoms with Crippen molar-refractivity contribution in [1.82, 2.24) is 4.98 Å². The smallest absolute Gasteiger partial charge is 0.140 e. The second kappa shape index (κ2) is 6.08. The molecule has 0 aliphatic carbocycles. The van der Waals surface area contributed by atoms with Crippen molar-refractivity contribution >= 4 is 11.8 Å². The van der Waals surface area contributed by atoms with E-state index < -0.39 is 0 Å². The normalized spacial score (nSPS) is 9.78. The van der Waals surface area contributed by atoms with Crippen LogP contribution in [0.25, 0.3) is 0 Å². The minimum Gasteiger partial charge on any atom is -0.495 e. The lowest BCUT2D eigenvalue weighted by Gasteiger charge is -2.06. The van der Waals surface area contributed by atoms with Gasteiger partial charge in [-0.25, -0.2) is 4.98 Å². The van der Waals surface area contributed by atoms with Crippen LogP contribution in [-0.4, -0.2) is 12.1 Å². The lowest BCUT2D eigenvalue weighted by molar-refractivity contribution is 0.411. The van der Waals surface area contributed by atoms with E-state index in [-0.39, 0.29) is 0 Å². The molecule has 0 saturated heterocycles. The molecular weight excluding hydrogens is 244 g/mol. The molecule has 2 rings (SSSR count). The highest BCUT2D eigenvalue weighted by Gasteiger charge is 2.10. The van der Waals surface area contributed by atoms with Crippen molar-refractivity contribution in [2.24, 2.45) is 0 Å². The van der Waals surface area contributed by atoms with Gasteiger partial charge in [-0.3, -0.25) is 0 Å². The number of methoxy groups -OCH3 is 1. The number of pyridine rings is 1. The zero-order chi connectivity index (χ0) is 12.8. The van der Waals surface area contributed by atoms with E-state index in [0.29, 0.717) is 16.3 Å². The van der Waals surface area contributed by atoms with Crippen LogP contribution in [0.3, 0.4) is 0 Å². The predicted octanol–water partition coefficient (Wildman–Crippen LogP) is 3.25. The van der Waals surface area contributed by atoms with Gasteiger partial charge in [0.1, 0.15) is 22.4 Å². The van der Waals surface area contributed by atoms with Gasteiger partial charge in [-0.15, -0.1) is 11.8 Å². The van der Waals surface area contributed by atoms with Crippen LogP contribution in [-0.2, 0) is 5.75 Å². The quantitative estimate of drug-likeness (QED) is 0.788. The van der Waals surface area contributed by atoms with Crippen molar-refractivity contribution < 1.29 is 4.74 Å². The summed E-state index contributed by atoms with van der Waals surface area (Å²) in [6.45, 7) is 0. The Labute approximate surface area is 110 Å². The van der Waals surface area contributed by atoms with Crippen LogP contribution in [0.4, 0.5) is 0 Å². The largest absolute Gasteiger partial charge is 0.495 e. The molecule has 0 amide bonds. The van der Waals surface area contributed by atoms with Crippen LogP contribution in [0.5, 0.6) is 5.75 Å². The lowest BCUT2D eigenvalue weighted by atomic mass is 10.2. The summed E-state index contributed by atoms with van der Waals surface area (Å²) < 4.78 is 5.15. The maximum atomic E-state index is 9.14. The van der Waals surface area contributed by atoms with Crippen LogP contribution in [0, 0.1) is 11.3 Å². The number of nitrogens with zero attached hydrogens (tertiary/aromatic N) is 2. The Kier molecular flexibility index (Phi) is 4.21. The molecule has 0 N–H and O–H groups in total. The summed E-state index contributed by atoms with van der Waals surface area (Å²) in [4.78, 5) is 4.23. The maximum Gasteiger partial charge on any atom is 0.140 e. The average Bonchev–Trinajstić information content (AvgIpc) is 2.45. The molecule has 4 heteroatoms. The van der Waals surface area contributed by atoms with Gasteiger partial charge in [-0.2, -0.15) is 5.26 Å². The molecule has 0 unspecified atom stereocenters. The third-order valence-electron chi connectivity index (χ3n) is 2.43. The molecule has 0 atom stereocenters. The third-order valence-corrected chi connectivity index (χ3v) is 3.49. The molecule has 18 heavy (non-hydrogen) atoms. The van der Waals surface area contributed by atoms with Gasteiger partial charge in [0.2, 0.25) is 0 Å². The Bertz CT molecular complexity index is 564. The Morgan fingerprint density at radius 1 is 1.28 bits per heavy atom. The van der Waals surface area contributed by atoms with Crippen molar-refractivity contribution in [3.05, 3.63) is 53.7 Å².